The first-order valence-corrected chi connectivity index (χ1v) is 6.11. The van der Waals surface area contributed by atoms with Crippen molar-refractivity contribution in [3.05, 3.63) is 34.9 Å². The maximum Gasteiger partial charge on any atom is 0.317 e. The number of carboxylic acids is 1. The van der Waals surface area contributed by atoms with Gasteiger partial charge in [0.15, 0.2) is 0 Å². The van der Waals surface area contributed by atoms with Gasteiger partial charge in [0.25, 0.3) is 0 Å². The van der Waals surface area contributed by atoms with Crippen molar-refractivity contribution >= 4 is 17.6 Å². The van der Waals surface area contributed by atoms with Gasteiger partial charge in [-0.05, 0) is 31.0 Å². The summed E-state index contributed by atoms with van der Waals surface area (Å²) in [7, 11) is 0. The Labute approximate surface area is 107 Å². The maximum absolute atomic E-state index is 10.8. The first-order valence-electron chi connectivity index (χ1n) is 5.73. The molecule has 0 saturated heterocycles. The average molecular weight is 256 g/mol. The summed E-state index contributed by atoms with van der Waals surface area (Å²) in [5, 5.41) is 9.58. The lowest BCUT2D eigenvalue weighted by molar-refractivity contribution is -0.139. The van der Waals surface area contributed by atoms with E-state index in [4.69, 9.17) is 16.7 Å². The number of carbonyl (C=O) groups is 1. The summed E-state index contributed by atoms with van der Waals surface area (Å²) < 4.78 is 0. The molecule has 0 bridgehead atoms. The zero-order valence-corrected chi connectivity index (χ0v) is 10.9. The largest absolute Gasteiger partial charge is 0.480 e. The fraction of sp³-hybridized carbons (Fsp3) is 0.462. The Morgan fingerprint density at radius 1 is 1.53 bits per heavy atom. The second-order valence-corrected chi connectivity index (χ2v) is 4.62. The number of hydrogen-bond donors (Lipinski definition) is 1. The van der Waals surface area contributed by atoms with Gasteiger partial charge in [-0.25, -0.2) is 0 Å². The second-order valence-electron chi connectivity index (χ2n) is 4.19. The van der Waals surface area contributed by atoms with Crippen molar-refractivity contribution < 1.29 is 9.90 Å². The molecule has 0 radical (unpaired) electrons. The molecule has 1 N–H and O–H groups in total. The van der Waals surface area contributed by atoms with Crippen LogP contribution in [0, 0.1) is 0 Å². The third-order valence-corrected chi connectivity index (χ3v) is 3.06. The summed E-state index contributed by atoms with van der Waals surface area (Å²) in [5.41, 5.74) is 1.04. The van der Waals surface area contributed by atoms with Crippen LogP contribution in [0.3, 0.4) is 0 Å². The van der Waals surface area contributed by atoms with Gasteiger partial charge in [0.2, 0.25) is 0 Å². The fourth-order valence-corrected chi connectivity index (χ4v) is 1.88. The van der Waals surface area contributed by atoms with E-state index in [1.54, 1.807) is 0 Å². The molecule has 1 unspecified atom stereocenters. The molecule has 0 aliphatic heterocycles. The van der Waals surface area contributed by atoms with Gasteiger partial charge in [0.1, 0.15) is 0 Å². The van der Waals surface area contributed by atoms with Crippen LogP contribution in [0.1, 0.15) is 25.8 Å². The highest BCUT2D eigenvalue weighted by Crippen LogP contribution is 2.14. The van der Waals surface area contributed by atoms with Crippen molar-refractivity contribution in [2.75, 3.05) is 6.54 Å². The number of nitrogens with zero attached hydrogens (tertiary/aromatic N) is 1. The van der Waals surface area contributed by atoms with Crippen molar-refractivity contribution in [2.24, 2.45) is 0 Å². The van der Waals surface area contributed by atoms with E-state index in [2.05, 4.69) is 6.92 Å². The Balaban J connectivity index is 2.74. The Hall–Kier alpha value is -1.06. The molecule has 1 rings (SSSR count). The third-order valence-electron chi connectivity index (χ3n) is 2.83. The highest BCUT2D eigenvalue weighted by atomic mass is 35.5. The van der Waals surface area contributed by atoms with Gasteiger partial charge in [-0.3, -0.25) is 9.69 Å². The first kappa shape index (κ1) is 14.0. The number of benzene rings is 1. The van der Waals surface area contributed by atoms with Crippen LogP contribution in [0.15, 0.2) is 24.3 Å². The molecule has 0 aromatic heterocycles. The zero-order valence-electron chi connectivity index (χ0n) is 10.2. The molecule has 94 valence electrons. The number of carboxylic acid groups (broad SMARTS) is 1. The minimum atomic E-state index is -0.799. The van der Waals surface area contributed by atoms with Crippen LogP contribution in [0.25, 0.3) is 0 Å². The predicted octanol–water partition coefficient (Wildman–Crippen LogP) is 3.03. The minimum Gasteiger partial charge on any atom is -0.480 e. The molecular formula is C13H18ClNO2. The quantitative estimate of drug-likeness (QED) is 0.850. The third kappa shape index (κ3) is 4.75. The maximum atomic E-state index is 10.8. The summed E-state index contributed by atoms with van der Waals surface area (Å²) in [6.45, 7) is 4.76. The van der Waals surface area contributed by atoms with Crippen LogP contribution in [0.4, 0.5) is 0 Å². The van der Waals surface area contributed by atoms with Gasteiger partial charge in [-0.1, -0.05) is 30.7 Å². The number of halogens is 1. The van der Waals surface area contributed by atoms with E-state index in [1.165, 1.54) is 0 Å². The Morgan fingerprint density at radius 3 is 2.76 bits per heavy atom. The van der Waals surface area contributed by atoms with Crippen molar-refractivity contribution in [2.45, 2.75) is 32.9 Å². The van der Waals surface area contributed by atoms with Crippen LogP contribution in [0.2, 0.25) is 5.02 Å². The van der Waals surface area contributed by atoms with Crippen molar-refractivity contribution in [3.63, 3.8) is 0 Å². The topological polar surface area (TPSA) is 40.5 Å². The molecule has 3 nitrogen and oxygen atoms in total. The van der Waals surface area contributed by atoms with Crippen molar-refractivity contribution in [3.8, 4) is 0 Å². The lowest BCUT2D eigenvalue weighted by atomic mass is 10.1. The van der Waals surface area contributed by atoms with E-state index in [9.17, 15) is 4.79 Å². The van der Waals surface area contributed by atoms with E-state index >= 15 is 0 Å². The van der Waals surface area contributed by atoms with E-state index in [0.717, 1.165) is 12.0 Å². The fourth-order valence-electron chi connectivity index (χ4n) is 1.67. The highest BCUT2D eigenvalue weighted by Gasteiger charge is 2.15. The van der Waals surface area contributed by atoms with E-state index in [-0.39, 0.29) is 12.6 Å². The molecule has 4 heteroatoms. The highest BCUT2D eigenvalue weighted by molar-refractivity contribution is 6.30. The lowest BCUT2D eigenvalue weighted by Gasteiger charge is -2.26. The lowest BCUT2D eigenvalue weighted by Crippen LogP contribution is -2.36. The molecule has 0 aliphatic carbocycles. The van der Waals surface area contributed by atoms with E-state index in [0.29, 0.717) is 11.6 Å². The molecular weight excluding hydrogens is 238 g/mol. The van der Waals surface area contributed by atoms with E-state index in [1.807, 2.05) is 36.1 Å². The smallest absolute Gasteiger partial charge is 0.317 e. The van der Waals surface area contributed by atoms with Crippen LogP contribution in [-0.4, -0.2) is 28.6 Å². The van der Waals surface area contributed by atoms with Gasteiger partial charge in [-0.2, -0.15) is 0 Å². The van der Waals surface area contributed by atoms with Crippen molar-refractivity contribution in [1.29, 1.82) is 0 Å². The number of rotatable bonds is 6. The minimum absolute atomic E-state index is 0.0571. The molecule has 17 heavy (non-hydrogen) atoms. The van der Waals surface area contributed by atoms with Crippen LogP contribution < -0.4 is 0 Å². The molecule has 1 aromatic rings. The second kappa shape index (κ2) is 6.62. The SMILES string of the molecule is CCC(C)N(CC(=O)O)Cc1cccc(Cl)c1. The zero-order chi connectivity index (χ0) is 12.8. The standard InChI is InChI=1S/C13H18ClNO2/c1-3-10(2)15(9-13(16)17)8-11-5-4-6-12(14)7-11/h4-7,10H,3,8-9H2,1-2H3,(H,16,17). The van der Waals surface area contributed by atoms with Gasteiger partial charge >= 0.3 is 5.97 Å². The van der Waals surface area contributed by atoms with Crippen molar-refractivity contribution in [1.82, 2.24) is 4.90 Å². The van der Waals surface area contributed by atoms with Crippen LogP contribution in [0.5, 0.6) is 0 Å². The molecule has 1 atom stereocenters. The van der Waals surface area contributed by atoms with Crippen LogP contribution in [-0.2, 0) is 11.3 Å². The normalized spacial score (nSPS) is 12.7. The molecule has 0 spiro atoms. The van der Waals surface area contributed by atoms with Gasteiger partial charge in [0.05, 0.1) is 6.54 Å². The monoisotopic (exact) mass is 255 g/mol. The summed E-state index contributed by atoms with van der Waals surface area (Å²) in [6, 6.07) is 7.77. The van der Waals surface area contributed by atoms with Gasteiger partial charge in [-0.15, -0.1) is 0 Å². The Kier molecular flexibility index (Phi) is 5.45. The molecule has 0 fully saturated rings. The molecule has 0 aliphatic rings. The number of aliphatic carboxylic acids is 1. The number of hydrogen-bond acceptors (Lipinski definition) is 2. The molecule has 0 saturated carbocycles. The molecule has 1 aromatic carbocycles. The average Bonchev–Trinajstić information content (AvgIpc) is 2.26. The molecule has 0 heterocycles. The summed E-state index contributed by atoms with van der Waals surface area (Å²) in [4.78, 5) is 12.8. The van der Waals surface area contributed by atoms with Gasteiger partial charge < -0.3 is 5.11 Å². The first-order chi connectivity index (χ1) is 8.02. The summed E-state index contributed by atoms with van der Waals surface area (Å²) in [6.07, 6.45) is 0.924. The molecule has 0 amide bonds. The Bertz CT molecular complexity index is 381. The summed E-state index contributed by atoms with van der Waals surface area (Å²) >= 11 is 5.91. The summed E-state index contributed by atoms with van der Waals surface area (Å²) in [5.74, 6) is -0.799. The predicted molar refractivity (Wildman–Crippen MR) is 69.3 cm³/mol. The van der Waals surface area contributed by atoms with E-state index < -0.39 is 5.97 Å². The van der Waals surface area contributed by atoms with Gasteiger partial charge in [0, 0.05) is 17.6 Å². The van der Waals surface area contributed by atoms with Crippen LogP contribution >= 0.6 is 11.6 Å². The Morgan fingerprint density at radius 2 is 2.24 bits per heavy atom.